The molecule has 2 unspecified atom stereocenters. The fraction of sp³-hybridized carbons (Fsp3) is 1.00. The van der Waals surface area contributed by atoms with E-state index in [0.717, 1.165) is 0 Å². The van der Waals surface area contributed by atoms with Gasteiger partial charge in [-0.2, -0.15) is 0 Å². The molecule has 1 aliphatic carbocycles. The molecule has 1 heterocycles. The molecule has 2 fully saturated rings. The standard InChI is InChI=1S/C9H16O3/c1-3-9(11)5-6(10)4-7-8(9,2)12-7/h6-7,10-11H,3-5H2,1-2H3/t6?,7?,8-,9+/m1/s1. The van der Waals surface area contributed by atoms with Crippen molar-refractivity contribution < 1.29 is 14.9 Å². The van der Waals surface area contributed by atoms with Crippen LogP contribution in [0.5, 0.6) is 0 Å². The Hall–Kier alpha value is -0.120. The lowest BCUT2D eigenvalue weighted by Crippen LogP contribution is -2.50. The normalized spacial score (nSPS) is 58.0. The number of rotatable bonds is 1. The SMILES string of the molecule is CC[C@]1(O)CC(O)CC2O[C@]21C. The van der Waals surface area contributed by atoms with Crippen molar-refractivity contribution in [2.45, 2.75) is 56.5 Å². The zero-order valence-electron chi connectivity index (χ0n) is 7.58. The molecule has 4 atom stereocenters. The largest absolute Gasteiger partial charge is 0.393 e. The molecule has 0 aromatic carbocycles. The van der Waals surface area contributed by atoms with Crippen LogP contribution in [0.2, 0.25) is 0 Å². The smallest absolute Gasteiger partial charge is 0.121 e. The van der Waals surface area contributed by atoms with Crippen molar-refractivity contribution in [3.63, 3.8) is 0 Å². The molecular formula is C9H16O3. The Morgan fingerprint density at radius 1 is 1.58 bits per heavy atom. The Balaban J connectivity index is 2.21. The predicted octanol–water partition coefficient (Wildman–Crippen LogP) is 0.440. The first kappa shape index (κ1) is 8.48. The van der Waals surface area contributed by atoms with Gasteiger partial charge in [0.15, 0.2) is 0 Å². The molecule has 2 aliphatic rings. The van der Waals surface area contributed by atoms with Crippen molar-refractivity contribution in [1.82, 2.24) is 0 Å². The van der Waals surface area contributed by atoms with Crippen molar-refractivity contribution in [2.75, 3.05) is 0 Å². The Morgan fingerprint density at radius 3 is 2.83 bits per heavy atom. The highest BCUT2D eigenvalue weighted by Crippen LogP contribution is 2.54. The van der Waals surface area contributed by atoms with E-state index in [1.54, 1.807) is 0 Å². The monoisotopic (exact) mass is 172 g/mol. The fourth-order valence-corrected chi connectivity index (χ4v) is 2.36. The molecule has 3 nitrogen and oxygen atoms in total. The first-order valence-corrected chi connectivity index (χ1v) is 4.60. The van der Waals surface area contributed by atoms with Crippen LogP contribution in [0, 0.1) is 0 Å². The number of hydrogen-bond donors (Lipinski definition) is 2. The van der Waals surface area contributed by atoms with Crippen LogP contribution in [0.3, 0.4) is 0 Å². The summed E-state index contributed by atoms with van der Waals surface area (Å²) in [5.41, 5.74) is -1.18. The summed E-state index contributed by atoms with van der Waals surface area (Å²) in [5, 5.41) is 19.6. The second kappa shape index (κ2) is 2.22. The summed E-state index contributed by atoms with van der Waals surface area (Å²) in [6, 6.07) is 0. The highest BCUT2D eigenvalue weighted by atomic mass is 16.6. The molecule has 70 valence electrons. The average molecular weight is 172 g/mol. The van der Waals surface area contributed by atoms with E-state index >= 15 is 0 Å². The topological polar surface area (TPSA) is 53.0 Å². The molecule has 1 saturated heterocycles. The van der Waals surface area contributed by atoms with E-state index in [4.69, 9.17) is 4.74 Å². The molecule has 1 aliphatic heterocycles. The van der Waals surface area contributed by atoms with Crippen LogP contribution in [-0.2, 0) is 4.74 Å². The van der Waals surface area contributed by atoms with E-state index in [-0.39, 0.29) is 11.7 Å². The molecule has 0 radical (unpaired) electrons. The maximum absolute atomic E-state index is 10.1. The summed E-state index contributed by atoms with van der Waals surface area (Å²) < 4.78 is 5.43. The molecule has 2 N–H and O–H groups in total. The van der Waals surface area contributed by atoms with Gasteiger partial charge < -0.3 is 14.9 Å². The van der Waals surface area contributed by atoms with Gasteiger partial charge >= 0.3 is 0 Å². The van der Waals surface area contributed by atoms with Gasteiger partial charge in [-0.1, -0.05) is 6.92 Å². The lowest BCUT2D eigenvalue weighted by molar-refractivity contribution is -0.0747. The molecule has 1 saturated carbocycles. The van der Waals surface area contributed by atoms with E-state index in [9.17, 15) is 10.2 Å². The van der Waals surface area contributed by atoms with E-state index in [2.05, 4.69) is 0 Å². The summed E-state index contributed by atoms with van der Waals surface area (Å²) in [6.07, 6.45) is 1.47. The van der Waals surface area contributed by atoms with E-state index in [1.807, 2.05) is 13.8 Å². The summed E-state index contributed by atoms with van der Waals surface area (Å²) in [5.74, 6) is 0. The third-order valence-corrected chi connectivity index (χ3v) is 3.51. The summed E-state index contributed by atoms with van der Waals surface area (Å²) in [7, 11) is 0. The molecule has 2 rings (SSSR count). The van der Waals surface area contributed by atoms with E-state index in [0.29, 0.717) is 19.3 Å². The lowest BCUT2D eigenvalue weighted by atomic mass is 9.73. The highest BCUT2D eigenvalue weighted by Gasteiger charge is 2.67. The van der Waals surface area contributed by atoms with Crippen LogP contribution in [0.15, 0.2) is 0 Å². The fourth-order valence-electron chi connectivity index (χ4n) is 2.36. The van der Waals surface area contributed by atoms with Gasteiger partial charge in [0.25, 0.3) is 0 Å². The zero-order chi connectivity index (χ0) is 8.98. The number of aliphatic hydroxyl groups excluding tert-OH is 1. The molecule has 0 aromatic rings. The average Bonchev–Trinajstić information content (AvgIpc) is 2.62. The van der Waals surface area contributed by atoms with Gasteiger partial charge in [-0.25, -0.2) is 0 Å². The van der Waals surface area contributed by atoms with Crippen molar-refractivity contribution in [2.24, 2.45) is 0 Å². The minimum atomic E-state index is -0.810. The van der Waals surface area contributed by atoms with E-state index < -0.39 is 11.7 Å². The Morgan fingerprint density at radius 2 is 2.25 bits per heavy atom. The molecule has 0 spiro atoms. The Kier molecular flexibility index (Phi) is 1.57. The van der Waals surface area contributed by atoms with Gasteiger partial charge in [0.1, 0.15) is 5.60 Å². The second-order valence-electron chi connectivity index (χ2n) is 4.19. The molecular weight excluding hydrogens is 156 g/mol. The van der Waals surface area contributed by atoms with Gasteiger partial charge in [0.05, 0.1) is 17.8 Å². The second-order valence-corrected chi connectivity index (χ2v) is 4.19. The molecule has 3 heteroatoms. The maximum atomic E-state index is 10.1. The first-order valence-electron chi connectivity index (χ1n) is 4.60. The summed E-state index contributed by atoms with van der Waals surface area (Å²) >= 11 is 0. The third-order valence-electron chi connectivity index (χ3n) is 3.51. The van der Waals surface area contributed by atoms with Crippen LogP contribution in [-0.4, -0.2) is 33.6 Å². The van der Waals surface area contributed by atoms with Gasteiger partial charge in [-0.15, -0.1) is 0 Å². The molecule has 0 aromatic heterocycles. The summed E-state index contributed by atoms with van der Waals surface area (Å²) in [6.45, 7) is 3.87. The number of ether oxygens (including phenoxy) is 1. The predicted molar refractivity (Wildman–Crippen MR) is 43.8 cm³/mol. The summed E-state index contributed by atoms with van der Waals surface area (Å²) in [4.78, 5) is 0. The van der Waals surface area contributed by atoms with Gasteiger partial charge in [0.2, 0.25) is 0 Å². The van der Waals surface area contributed by atoms with Crippen LogP contribution in [0.4, 0.5) is 0 Å². The van der Waals surface area contributed by atoms with Crippen LogP contribution in [0.1, 0.15) is 33.1 Å². The van der Waals surface area contributed by atoms with Gasteiger partial charge in [-0.05, 0) is 13.3 Å². The quantitative estimate of drug-likeness (QED) is 0.564. The Bertz CT molecular complexity index is 206. The van der Waals surface area contributed by atoms with Crippen molar-refractivity contribution in [1.29, 1.82) is 0 Å². The number of fused-ring (bicyclic) bond motifs is 1. The molecule has 0 amide bonds. The van der Waals surface area contributed by atoms with Crippen molar-refractivity contribution in [3.8, 4) is 0 Å². The first-order chi connectivity index (χ1) is 5.52. The maximum Gasteiger partial charge on any atom is 0.121 e. The Labute approximate surface area is 72.3 Å². The van der Waals surface area contributed by atoms with Crippen molar-refractivity contribution >= 4 is 0 Å². The van der Waals surface area contributed by atoms with Crippen LogP contribution < -0.4 is 0 Å². The zero-order valence-corrected chi connectivity index (χ0v) is 7.58. The third kappa shape index (κ3) is 0.873. The van der Waals surface area contributed by atoms with Crippen LogP contribution in [0.25, 0.3) is 0 Å². The van der Waals surface area contributed by atoms with Gasteiger partial charge in [-0.3, -0.25) is 0 Å². The number of epoxide rings is 1. The van der Waals surface area contributed by atoms with E-state index in [1.165, 1.54) is 0 Å². The molecule has 0 bridgehead atoms. The minimum absolute atomic E-state index is 0.0752. The lowest BCUT2D eigenvalue weighted by Gasteiger charge is -2.36. The minimum Gasteiger partial charge on any atom is -0.393 e. The van der Waals surface area contributed by atoms with Gasteiger partial charge in [0, 0.05) is 12.8 Å². The highest BCUT2D eigenvalue weighted by molar-refractivity contribution is 5.16. The molecule has 12 heavy (non-hydrogen) atoms. The van der Waals surface area contributed by atoms with Crippen molar-refractivity contribution in [3.05, 3.63) is 0 Å². The number of aliphatic hydroxyl groups is 2. The number of hydrogen-bond acceptors (Lipinski definition) is 3. The van der Waals surface area contributed by atoms with Crippen LogP contribution >= 0.6 is 0 Å².